The van der Waals surface area contributed by atoms with E-state index in [2.05, 4.69) is 0 Å². The average molecular weight is 404 g/mol. The fraction of sp³-hybridized carbons (Fsp3) is 0.333. The smallest absolute Gasteiger partial charge is 0.313 e. The Bertz CT molecular complexity index is 820. The van der Waals surface area contributed by atoms with E-state index in [4.69, 9.17) is 39.9 Å². The first-order chi connectivity index (χ1) is 11.7. The fourth-order valence-electron chi connectivity index (χ4n) is 2.59. The molecule has 0 radical (unpaired) electrons. The zero-order chi connectivity index (χ0) is 18.7. The third kappa shape index (κ3) is 4.85. The number of rotatable bonds is 7. The number of aliphatic hydroxyl groups is 1. The van der Waals surface area contributed by atoms with E-state index in [0.717, 1.165) is 16.3 Å². The SMILES string of the molecule is CC(C(=O)O)C(=O)CC(O)CCc1c(Cl)cc(Cl)c2ccc(Cl)cc12. The molecule has 2 N–H and O–H groups in total. The molecule has 0 spiro atoms. The maximum Gasteiger partial charge on any atom is 0.313 e. The maximum absolute atomic E-state index is 11.8. The van der Waals surface area contributed by atoms with E-state index in [0.29, 0.717) is 21.5 Å². The summed E-state index contributed by atoms with van der Waals surface area (Å²) in [6.45, 7) is 1.31. The van der Waals surface area contributed by atoms with Gasteiger partial charge in [0.05, 0.1) is 6.10 Å². The Morgan fingerprint density at radius 3 is 2.40 bits per heavy atom. The van der Waals surface area contributed by atoms with Gasteiger partial charge in [-0.1, -0.05) is 40.9 Å². The first kappa shape index (κ1) is 20.0. The van der Waals surface area contributed by atoms with Crippen LogP contribution in [0, 0.1) is 5.92 Å². The molecule has 25 heavy (non-hydrogen) atoms. The van der Waals surface area contributed by atoms with Gasteiger partial charge < -0.3 is 10.2 Å². The molecular formula is C18H17Cl3O4. The molecule has 2 unspecified atom stereocenters. The molecule has 0 aliphatic heterocycles. The first-order valence-corrected chi connectivity index (χ1v) is 8.83. The molecule has 0 saturated heterocycles. The summed E-state index contributed by atoms with van der Waals surface area (Å²) in [4.78, 5) is 22.6. The highest BCUT2D eigenvalue weighted by molar-refractivity contribution is 6.40. The summed E-state index contributed by atoms with van der Waals surface area (Å²) in [5.41, 5.74) is 0.779. The van der Waals surface area contributed by atoms with Crippen LogP contribution in [0.2, 0.25) is 15.1 Å². The second-order valence-electron chi connectivity index (χ2n) is 5.93. The number of ketones is 1. The van der Waals surface area contributed by atoms with E-state index < -0.39 is 23.8 Å². The van der Waals surface area contributed by atoms with Crippen molar-refractivity contribution in [2.24, 2.45) is 5.92 Å². The number of carbonyl (C=O) groups excluding carboxylic acids is 1. The van der Waals surface area contributed by atoms with Gasteiger partial charge in [-0.3, -0.25) is 9.59 Å². The predicted molar refractivity (Wildman–Crippen MR) is 99.7 cm³/mol. The van der Waals surface area contributed by atoms with Crippen LogP contribution in [0.25, 0.3) is 10.8 Å². The number of Topliss-reactive ketones (excluding diaryl/α,β-unsaturated/α-hetero) is 1. The quantitative estimate of drug-likeness (QED) is 0.653. The lowest BCUT2D eigenvalue weighted by Gasteiger charge is -2.15. The zero-order valence-electron chi connectivity index (χ0n) is 13.4. The van der Waals surface area contributed by atoms with Crippen LogP contribution in [0.5, 0.6) is 0 Å². The van der Waals surface area contributed by atoms with Crippen molar-refractivity contribution < 1.29 is 19.8 Å². The second-order valence-corrected chi connectivity index (χ2v) is 7.18. The van der Waals surface area contributed by atoms with Crippen molar-refractivity contribution >= 4 is 57.3 Å². The van der Waals surface area contributed by atoms with Crippen LogP contribution in [0.3, 0.4) is 0 Å². The lowest BCUT2D eigenvalue weighted by molar-refractivity contribution is -0.146. The minimum Gasteiger partial charge on any atom is -0.481 e. The summed E-state index contributed by atoms with van der Waals surface area (Å²) in [7, 11) is 0. The zero-order valence-corrected chi connectivity index (χ0v) is 15.7. The Hall–Kier alpha value is -1.33. The van der Waals surface area contributed by atoms with E-state index in [1.807, 2.05) is 0 Å². The summed E-state index contributed by atoms with van der Waals surface area (Å²) in [5, 5.41) is 22.0. The van der Waals surface area contributed by atoms with E-state index in [9.17, 15) is 14.7 Å². The molecule has 134 valence electrons. The molecule has 2 aromatic rings. The minimum absolute atomic E-state index is 0.211. The molecule has 4 nitrogen and oxygen atoms in total. The van der Waals surface area contributed by atoms with Gasteiger partial charge in [-0.2, -0.15) is 0 Å². The lowest BCUT2D eigenvalue weighted by Crippen LogP contribution is -2.25. The van der Waals surface area contributed by atoms with Crippen LogP contribution in [0.4, 0.5) is 0 Å². The van der Waals surface area contributed by atoms with Crippen LogP contribution in [0.15, 0.2) is 24.3 Å². The molecule has 0 amide bonds. The van der Waals surface area contributed by atoms with Gasteiger partial charge in [-0.25, -0.2) is 0 Å². The molecule has 0 aromatic heterocycles. The molecule has 0 bridgehead atoms. The number of benzene rings is 2. The van der Waals surface area contributed by atoms with E-state index in [1.165, 1.54) is 6.92 Å². The highest BCUT2D eigenvalue weighted by Gasteiger charge is 2.23. The average Bonchev–Trinajstić information content (AvgIpc) is 2.53. The summed E-state index contributed by atoms with van der Waals surface area (Å²) >= 11 is 18.5. The number of aryl methyl sites for hydroxylation is 1. The van der Waals surface area contributed by atoms with Gasteiger partial charge in [0.15, 0.2) is 0 Å². The fourth-order valence-corrected chi connectivity index (χ4v) is 3.40. The number of aliphatic hydroxyl groups excluding tert-OH is 1. The molecule has 2 rings (SSSR count). The van der Waals surface area contributed by atoms with Crippen LogP contribution in [-0.4, -0.2) is 28.1 Å². The second kappa shape index (κ2) is 8.37. The van der Waals surface area contributed by atoms with E-state index >= 15 is 0 Å². The Morgan fingerprint density at radius 1 is 1.08 bits per heavy atom. The Kier molecular flexibility index (Phi) is 6.69. The Balaban J connectivity index is 2.17. The number of carboxylic acids is 1. The predicted octanol–water partition coefficient (Wildman–Crippen LogP) is 4.77. The largest absolute Gasteiger partial charge is 0.481 e. The molecule has 2 aromatic carbocycles. The van der Waals surface area contributed by atoms with Gasteiger partial charge in [-0.05, 0) is 48.9 Å². The summed E-state index contributed by atoms with van der Waals surface area (Å²) < 4.78 is 0. The molecule has 0 aliphatic rings. The van der Waals surface area contributed by atoms with E-state index in [-0.39, 0.29) is 12.8 Å². The molecule has 0 heterocycles. The number of fused-ring (bicyclic) bond motifs is 1. The maximum atomic E-state index is 11.8. The van der Waals surface area contributed by atoms with Crippen molar-refractivity contribution in [3.63, 3.8) is 0 Å². The number of carboxylic acid groups (broad SMARTS) is 1. The Labute approximate surface area is 160 Å². The number of hydrogen-bond acceptors (Lipinski definition) is 3. The van der Waals surface area contributed by atoms with Gasteiger partial charge in [0, 0.05) is 26.9 Å². The van der Waals surface area contributed by atoms with Crippen LogP contribution in [-0.2, 0) is 16.0 Å². The van der Waals surface area contributed by atoms with E-state index in [1.54, 1.807) is 24.3 Å². The Morgan fingerprint density at radius 2 is 1.76 bits per heavy atom. The molecule has 7 heteroatoms. The third-order valence-electron chi connectivity index (χ3n) is 4.12. The standard InChI is InChI=1S/C18H17Cl3O4/c1-9(18(24)25)17(23)7-11(22)3-5-13-14-6-10(19)2-4-12(14)15(20)8-16(13)21/h2,4,6,8-9,11,22H,3,5,7H2,1H3,(H,24,25). The summed E-state index contributed by atoms with van der Waals surface area (Å²) in [5.74, 6) is -2.83. The van der Waals surface area contributed by atoms with Gasteiger partial charge >= 0.3 is 5.97 Å². The monoisotopic (exact) mass is 402 g/mol. The highest BCUT2D eigenvalue weighted by Crippen LogP contribution is 2.35. The molecule has 0 fully saturated rings. The minimum atomic E-state index is -1.20. The molecule has 0 saturated carbocycles. The van der Waals surface area contributed by atoms with Gasteiger partial charge in [0.25, 0.3) is 0 Å². The number of aliphatic carboxylic acids is 1. The number of carbonyl (C=O) groups is 2. The molecule has 0 aliphatic carbocycles. The van der Waals surface area contributed by atoms with Crippen molar-refractivity contribution in [3.8, 4) is 0 Å². The molecular weight excluding hydrogens is 387 g/mol. The van der Waals surface area contributed by atoms with Crippen molar-refractivity contribution in [2.75, 3.05) is 0 Å². The topological polar surface area (TPSA) is 74.6 Å². The van der Waals surface area contributed by atoms with Gasteiger partial charge in [-0.15, -0.1) is 0 Å². The summed E-state index contributed by atoms with van der Waals surface area (Å²) in [6.07, 6.45) is -0.489. The van der Waals surface area contributed by atoms with Crippen LogP contribution < -0.4 is 0 Å². The summed E-state index contributed by atoms with van der Waals surface area (Å²) in [6, 6.07) is 6.93. The lowest BCUT2D eigenvalue weighted by atomic mass is 9.95. The van der Waals surface area contributed by atoms with Gasteiger partial charge in [0.1, 0.15) is 11.7 Å². The van der Waals surface area contributed by atoms with Gasteiger partial charge in [0.2, 0.25) is 0 Å². The number of halogens is 3. The first-order valence-electron chi connectivity index (χ1n) is 7.70. The van der Waals surface area contributed by atoms with Crippen molar-refractivity contribution in [2.45, 2.75) is 32.3 Å². The van der Waals surface area contributed by atoms with Crippen LogP contribution >= 0.6 is 34.8 Å². The third-order valence-corrected chi connectivity index (χ3v) is 5.01. The van der Waals surface area contributed by atoms with Crippen molar-refractivity contribution in [1.82, 2.24) is 0 Å². The van der Waals surface area contributed by atoms with Crippen molar-refractivity contribution in [1.29, 1.82) is 0 Å². The highest BCUT2D eigenvalue weighted by atomic mass is 35.5. The normalized spacial score (nSPS) is 13.6. The van der Waals surface area contributed by atoms with Crippen LogP contribution in [0.1, 0.15) is 25.3 Å². The molecule has 2 atom stereocenters. The van der Waals surface area contributed by atoms with Crippen molar-refractivity contribution in [3.05, 3.63) is 44.9 Å². The number of hydrogen-bond donors (Lipinski definition) is 2.